The first-order valence-corrected chi connectivity index (χ1v) is 12.6. The Morgan fingerprint density at radius 3 is 2.32 bits per heavy atom. The minimum atomic E-state index is -1.12. The number of esters is 1. The molecule has 198 valence electrons. The van der Waals surface area contributed by atoms with Crippen LogP contribution in [0.2, 0.25) is 0 Å². The first-order valence-electron chi connectivity index (χ1n) is 12.6. The number of carbonyl (C=O) groups excluding carboxylic acids is 3. The smallest absolute Gasteiger partial charge is 0.437 e. The number of carbonyl (C=O) groups is 3. The van der Waals surface area contributed by atoms with Gasteiger partial charge in [0.1, 0.15) is 11.1 Å². The van der Waals surface area contributed by atoms with Crippen molar-refractivity contribution in [3.8, 4) is 0 Å². The zero-order valence-electron chi connectivity index (χ0n) is 22.7. The van der Waals surface area contributed by atoms with E-state index in [0.29, 0.717) is 17.5 Å². The fraction of sp³-hybridized carbons (Fsp3) is 0.448. The molecule has 1 aliphatic heterocycles. The lowest BCUT2D eigenvalue weighted by molar-refractivity contribution is -0.133. The van der Waals surface area contributed by atoms with Crippen LogP contribution in [-0.2, 0) is 19.8 Å². The van der Waals surface area contributed by atoms with Crippen molar-refractivity contribution in [1.82, 2.24) is 10.2 Å². The molecule has 2 atom stereocenters. The molecular formula is C29H37N3O5. The van der Waals surface area contributed by atoms with E-state index in [2.05, 4.69) is 10.3 Å². The van der Waals surface area contributed by atoms with Crippen LogP contribution in [0, 0.1) is 5.92 Å². The molecule has 0 aliphatic carbocycles. The van der Waals surface area contributed by atoms with E-state index in [-0.39, 0.29) is 24.4 Å². The summed E-state index contributed by atoms with van der Waals surface area (Å²) in [7, 11) is 0. The number of guanidine groups is 1. The van der Waals surface area contributed by atoms with Crippen molar-refractivity contribution in [3.05, 3.63) is 71.3 Å². The minimum Gasteiger partial charge on any atom is -0.462 e. The number of amides is 2. The number of hydrogen-bond donors (Lipinski definition) is 1. The molecule has 1 aliphatic rings. The number of nitrogens with zero attached hydrogens (tertiary/aromatic N) is 2. The van der Waals surface area contributed by atoms with E-state index in [0.717, 1.165) is 5.56 Å². The maximum Gasteiger partial charge on any atom is 0.437 e. The van der Waals surface area contributed by atoms with Crippen molar-refractivity contribution in [2.75, 3.05) is 6.61 Å². The average Bonchev–Trinajstić information content (AvgIpc) is 3.09. The van der Waals surface area contributed by atoms with Crippen molar-refractivity contribution >= 4 is 23.9 Å². The second-order valence-corrected chi connectivity index (χ2v) is 10.6. The van der Waals surface area contributed by atoms with E-state index in [4.69, 9.17) is 9.47 Å². The number of ether oxygens (including phenoxy) is 2. The molecule has 0 aromatic heterocycles. The highest BCUT2D eigenvalue weighted by Gasteiger charge is 2.53. The maximum atomic E-state index is 14.3. The molecule has 0 radical (unpaired) electrons. The summed E-state index contributed by atoms with van der Waals surface area (Å²) in [4.78, 5) is 45.1. The third kappa shape index (κ3) is 6.37. The van der Waals surface area contributed by atoms with Gasteiger partial charge in [0.2, 0.25) is 5.96 Å². The van der Waals surface area contributed by atoms with E-state index in [1.165, 1.54) is 4.90 Å². The first-order chi connectivity index (χ1) is 17.4. The zero-order chi connectivity index (χ0) is 27.4. The SMILES string of the molecule is CCOC(=O)c1cccc([C@@H](C)N2C(=O)[C@@](CC(C)C)(c3ccccc3)N/C2=N/C(=O)OC(C)(C)C)c1. The molecule has 0 saturated carbocycles. The van der Waals surface area contributed by atoms with Gasteiger partial charge in [0, 0.05) is 0 Å². The van der Waals surface area contributed by atoms with Crippen LogP contribution in [0.5, 0.6) is 0 Å². The molecule has 2 aromatic carbocycles. The Balaban J connectivity index is 2.13. The Morgan fingerprint density at radius 2 is 1.73 bits per heavy atom. The zero-order valence-corrected chi connectivity index (χ0v) is 22.7. The van der Waals surface area contributed by atoms with Crippen LogP contribution >= 0.6 is 0 Å². The van der Waals surface area contributed by atoms with Gasteiger partial charge in [-0.15, -0.1) is 4.99 Å². The van der Waals surface area contributed by atoms with Crippen LogP contribution in [0.3, 0.4) is 0 Å². The van der Waals surface area contributed by atoms with Gasteiger partial charge < -0.3 is 14.8 Å². The average molecular weight is 508 g/mol. The van der Waals surface area contributed by atoms with E-state index in [1.807, 2.05) is 57.2 Å². The lowest BCUT2D eigenvalue weighted by Crippen LogP contribution is -2.45. The van der Waals surface area contributed by atoms with Gasteiger partial charge in [-0.1, -0.05) is 56.3 Å². The number of benzene rings is 2. The normalized spacial score (nSPS) is 19.6. The third-order valence-electron chi connectivity index (χ3n) is 5.98. The molecule has 8 heteroatoms. The summed E-state index contributed by atoms with van der Waals surface area (Å²) < 4.78 is 10.6. The number of aliphatic imine (C=N–C) groups is 1. The summed E-state index contributed by atoms with van der Waals surface area (Å²) in [6.45, 7) is 13.2. The van der Waals surface area contributed by atoms with Crippen LogP contribution in [0.1, 0.15) is 82.4 Å². The Labute approximate surface area is 219 Å². The maximum absolute atomic E-state index is 14.3. The van der Waals surface area contributed by atoms with Gasteiger partial charge in [0.15, 0.2) is 0 Å². The van der Waals surface area contributed by atoms with Crippen LogP contribution in [0.25, 0.3) is 0 Å². The molecule has 1 N–H and O–H groups in total. The largest absolute Gasteiger partial charge is 0.462 e. The molecule has 1 fully saturated rings. The highest BCUT2D eigenvalue weighted by atomic mass is 16.6. The van der Waals surface area contributed by atoms with Gasteiger partial charge in [-0.05, 0) is 70.2 Å². The summed E-state index contributed by atoms with van der Waals surface area (Å²) in [5, 5.41) is 3.31. The van der Waals surface area contributed by atoms with Crippen LogP contribution in [0.4, 0.5) is 4.79 Å². The molecule has 1 heterocycles. The van der Waals surface area contributed by atoms with Crippen molar-refractivity contribution in [1.29, 1.82) is 0 Å². The summed E-state index contributed by atoms with van der Waals surface area (Å²) in [6, 6.07) is 15.8. The van der Waals surface area contributed by atoms with Crippen molar-refractivity contribution in [2.24, 2.45) is 10.9 Å². The van der Waals surface area contributed by atoms with Crippen molar-refractivity contribution < 1.29 is 23.9 Å². The number of nitrogens with one attached hydrogen (secondary N) is 1. The Kier molecular flexibility index (Phi) is 8.41. The Morgan fingerprint density at radius 1 is 1.05 bits per heavy atom. The van der Waals surface area contributed by atoms with Crippen LogP contribution in [-0.4, -0.2) is 41.0 Å². The lowest BCUT2D eigenvalue weighted by Gasteiger charge is -2.30. The van der Waals surface area contributed by atoms with E-state index < -0.39 is 29.2 Å². The summed E-state index contributed by atoms with van der Waals surface area (Å²) >= 11 is 0. The monoisotopic (exact) mass is 507 g/mol. The predicted octanol–water partition coefficient (Wildman–Crippen LogP) is 5.59. The summed E-state index contributed by atoms with van der Waals surface area (Å²) in [5.74, 6) is -0.410. The highest BCUT2D eigenvalue weighted by molar-refractivity contribution is 6.11. The fourth-order valence-electron chi connectivity index (χ4n) is 4.49. The Hall–Kier alpha value is -3.68. The quantitative estimate of drug-likeness (QED) is 0.491. The molecule has 37 heavy (non-hydrogen) atoms. The number of rotatable bonds is 7. The molecule has 2 amide bonds. The van der Waals surface area contributed by atoms with Gasteiger partial charge in [-0.3, -0.25) is 9.69 Å². The molecular weight excluding hydrogens is 470 g/mol. The van der Waals surface area contributed by atoms with E-state index >= 15 is 0 Å². The standard InChI is InChI=1S/C29H37N3O5/c1-8-36-24(33)22-14-12-13-21(17-22)20(4)32-25(34)29(18-19(2)3,23-15-10-9-11-16-23)31-26(32)30-27(35)37-28(5,6)7/h9-17,19-20H,8,18H2,1-7H3,(H,30,31,35)/t20-,29-/m1/s1. The Bertz CT molecular complexity index is 1170. The van der Waals surface area contributed by atoms with Gasteiger partial charge in [-0.2, -0.15) is 0 Å². The molecule has 2 aromatic rings. The van der Waals surface area contributed by atoms with Crippen LogP contribution in [0.15, 0.2) is 59.6 Å². The second kappa shape index (κ2) is 11.2. The van der Waals surface area contributed by atoms with Crippen molar-refractivity contribution in [2.45, 2.75) is 72.1 Å². The van der Waals surface area contributed by atoms with Crippen LogP contribution < -0.4 is 5.32 Å². The summed E-state index contributed by atoms with van der Waals surface area (Å²) in [5.41, 5.74) is -0.00849. The molecule has 0 spiro atoms. The van der Waals surface area contributed by atoms with E-state index in [1.54, 1.807) is 45.9 Å². The predicted molar refractivity (Wildman–Crippen MR) is 142 cm³/mol. The first kappa shape index (κ1) is 27.9. The summed E-state index contributed by atoms with van der Waals surface area (Å²) in [6.07, 6.45) is -0.316. The highest BCUT2D eigenvalue weighted by Crippen LogP contribution is 2.39. The molecule has 0 unspecified atom stereocenters. The molecule has 1 saturated heterocycles. The van der Waals surface area contributed by atoms with E-state index in [9.17, 15) is 14.4 Å². The molecule has 0 bridgehead atoms. The minimum absolute atomic E-state index is 0.109. The molecule has 3 rings (SSSR count). The third-order valence-corrected chi connectivity index (χ3v) is 5.98. The van der Waals surface area contributed by atoms with Gasteiger partial charge in [-0.25, -0.2) is 9.59 Å². The van der Waals surface area contributed by atoms with Gasteiger partial charge in [0.25, 0.3) is 5.91 Å². The van der Waals surface area contributed by atoms with Crippen molar-refractivity contribution in [3.63, 3.8) is 0 Å². The fourth-order valence-corrected chi connectivity index (χ4v) is 4.49. The lowest BCUT2D eigenvalue weighted by atomic mass is 9.82. The number of hydrogen-bond acceptors (Lipinski definition) is 5. The molecule has 8 nitrogen and oxygen atoms in total. The van der Waals surface area contributed by atoms with Gasteiger partial charge >= 0.3 is 12.1 Å². The second-order valence-electron chi connectivity index (χ2n) is 10.6. The topological polar surface area (TPSA) is 97.3 Å². The van der Waals surface area contributed by atoms with Gasteiger partial charge in [0.05, 0.1) is 18.2 Å².